The lowest BCUT2D eigenvalue weighted by Gasteiger charge is -2.13. The summed E-state index contributed by atoms with van der Waals surface area (Å²) in [6.45, 7) is 6.19. The fourth-order valence-corrected chi connectivity index (χ4v) is 2.57. The molecule has 0 aliphatic carbocycles. The molecule has 2 rings (SSSR count). The molecule has 0 saturated heterocycles. The van der Waals surface area contributed by atoms with Gasteiger partial charge in [-0.3, -0.25) is 9.59 Å². The molecule has 1 aromatic carbocycles. The number of pyridine rings is 1. The third-order valence-electron chi connectivity index (χ3n) is 3.88. The second-order valence-corrected chi connectivity index (χ2v) is 5.68. The van der Waals surface area contributed by atoms with Crippen molar-refractivity contribution >= 4 is 16.9 Å². The molecule has 0 atom stereocenters. The number of hydrogen-bond donors (Lipinski definition) is 0. The van der Waals surface area contributed by atoms with Gasteiger partial charge in [0.1, 0.15) is 12.3 Å². The molecule has 0 spiro atoms. The van der Waals surface area contributed by atoms with E-state index in [1.165, 1.54) is 24.3 Å². The number of rotatable bonds is 7. The number of carbonyl (C=O) groups is 1. The Balaban J connectivity index is 2.78. The Kier molecular flexibility index (Phi) is 7.11. The van der Waals surface area contributed by atoms with E-state index >= 15 is 0 Å². The second kappa shape index (κ2) is 9.52. The lowest BCUT2D eigenvalue weighted by Crippen LogP contribution is -2.19. The molecule has 0 N–H and O–H groups in total. The zero-order valence-electron chi connectivity index (χ0n) is 15.7. The minimum Gasteiger partial charge on any atom is -0.485 e. The van der Waals surface area contributed by atoms with Gasteiger partial charge in [-0.25, -0.2) is 4.79 Å². The summed E-state index contributed by atoms with van der Waals surface area (Å²) in [5.74, 6) is -0.499. The van der Waals surface area contributed by atoms with Gasteiger partial charge >= 0.3 is 5.97 Å². The Bertz CT molecular complexity index is 1000. The maximum absolute atomic E-state index is 12.7. The van der Waals surface area contributed by atoms with Crippen LogP contribution in [0.3, 0.4) is 0 Å². The number of aromatic nitrogens is 1. The molecule has 0 fully saturated rings. The van der Waals surface area contributed by atoms with Crippen molar-refractivity contribution < 1.29 is 14.3 Å². The third-order valence-corrected chi connectivity index (χ3v) is 3.88. The molecule has 6 nitrogen and oxygen atoms in total. The van der Waals surface area contributed by atoms with Crippen LogP contribution in [-0.4, -0.2) is 23.8 Å². The van der Waals surface area contributed by atoms with E-state index in [-0.39, 0.29) is 35.5 Å². The number of esters is 1. The highest BCUT2D eigenvalue weighted by molar-refractivity contribution is 5.92. The fraction of sp³-hybridized carbons (Fsp3) is 0.286. The monoisotopic (exact) mass is 369 g/mol. The SMILES string of the molecule is C/C=C/COc1cc2c(=O)cc(C(=O)OCC)n(C/C=C/C)c2ccc1=O. The van der Waals surface area contributed by atoms with E-state index in [1.54, 1.807) is 23.6 Å². The van der Waals surface area contributed by atoms with Crippen LogP contribution in [0.1, 0.15) is 31.3 Å². The highest BCUT2D eigenvalue weighted by atomic mass is 16.5. The molecule has 142 valence electrons. The molecule has 2 aromatic rings. The number of carbonyl (C=O) groups excluding carboxylic acids is 1. The van der Waals surface area contributed by atoms with Crippen LogP contribution < -0.4 is 15.6 Å². The van der Waals surface area contributed by atoms with Gasteiger partial charge in [0.15, 0.2) is 11.2 Å². The van der Waals surface area contributed by atoms with Gasteiger partial charge in [-0.15, -0.1) is 0 Å². The maximum Gasteiger partial charge on any atom is 0.355 e. The predicted molar refractivity (Wildman–Crippen MR) is 106 cm³/mol. The van der Waals surface area contributed by atoms with Crippen molar-refractivity contribution in [1.82, 2.24) is 4.57 Å². The van der Waals surface area contributed by atoms with Crippen molar-refractivity contribution in [2.45, 2.75) is 27.3 Å². The van der Waals surface area contributed by atoms with Crippen molar-refractivity contribution in [1.29, 1.82) is 0 Å². The minimum atomic E-state index is -0.584. The van der Waals surface area contributed by atoms with Crippen LogP contribution in [-0.2, 0) is 11.3 Å². The predicted octanol–water partition coefficient (Wildman–Crippen LogP) is 3.07. The Hall–Kier alpha value is -3.15. The smallest absolute Gasteiger partial charge is 0.355 e. The standard InChI is InChI=1S/C21H23NO5/c1-4-7-11-22-16-9-10-18(23)20(27-12-8-5-2)13-15(16)19(24)14-17(22)21(25)26-6-3/h4-5,7-10,13-14H,6,11-12H2,1-3H3/b7-4+,8-5+. The number of nitrogens with zero attached hydrogens (tertiary/aromatic N) is 1. The molecule has 0 bridgehead atoms. The van der Waals surface area contributed by atoms with Crippen LogP contribution in [0.2, 0.25) is 0 Å². The molecule has 1 heterocycles. The molecule has 0 unspecified atom stereocenters. The number of hydrogen-bond acceptors (Lipinski definition) is 5. The molecule has 0 saturated carbocycles. The van der Waals surface area contributed by atoms with Crippen LogP contribution in [0.15, 0.2) is 58.2 Å². The first-order valence-electron chi connectivity index (χ1n) is 8.77. The summed E-state index contributed by atoms with van der Waals surface area (Å²) < 4.78 is 12.2. The van der Waals surface area contributed by atoms with Crippen molar-refractivity contribution in [2.75, 3.05) is 13.2 Å². The zero-order valence-corrected chi connectivity index (χ0v) is 15.7. The average molecular weight is 369 g/mol. The van der Waals surface area contributed by atoms with E-state index in [1.807, 2.05) is 26.0 Å². The van der Waals surface area contributed by atoms with E-state index in [9.17, 15) is 14.4 Å². The van der Waals surface area contributed by atoms with Gasteiger partial charge in [-0.05, 0) is 39.0 Å². The summed E-state index contributed by atoms with van der Waals surface area (Å²) in [6.07, 6.45) is 7.26. The zero-order chi connectivity index (χ0) is 19.8. The maximum atomic E-state index is 12.7. The van der Waals surface area contributed by atoms with Crippen LogP contribution >= 0.6 is 0 Å². The lowest BCUT2D eigenvalue weighted by molar-refractivity contribution is 0.0514. The molecule has 0 amide bonds. The summed E-state index contributed by atoms with van der Waals surface area (Å²) in [6, 6.07) is 5.55. The molecule has 1 aromatic heterocycles. The summed E-state index contributed by atoms with van der Waals surface area (Å²) in [4.78, 5) is 37.3. The van der Waals surface area contributed by atoms with Crippen LogP contribution in [0.4, 0.5) is 0 Å². The highest BCUT2D eigenvalue weighted by Crippen LogP contribution is 2.16. The molecular formula is C21H23NO5. The van der Waals surface area contributed by atoms with Crippen molar-refractivity contribution in [3.05, 3.63) is 74.7 Å². The van der Waals surface area contributed by atoms with Crippen molar-refractivity contribution in [3.8, 4) is 5.75 Å². The van der Waals surface area contributed by atoms with Crippen LogP contribution in [0.25, 0.3) is 10.9 Å². The van der Waals surface area contributed by atoms with E-state index in [0.717, 1.165) is 0 Å². The molecule has 0 aliphatic heterocycles. The first kappa shape index (κ1) is 20.2. The quantitative estimate of drug-likeness (QED) is 0.554. The molecular weight excluding hydrogens is 346 g/mol. The van der Waals surface area contributed by atoms with Gasteiger partial charge in [0.2, 0.25) is 5.43 Å². The van der Waals surface area contributed by atoms with E-state index in [4.69, 9.17) is 9.47 Å². The van der Waals surface area contributed by atoms with Gasteiger partial charge in [0.05, 0.1) is 12.1 Å². The Morgan fingerprint density at radius 2 is 1.81 bits per heavy atom. The van der Waals surface area contributed by atoms with E-state index in [2.05, 4.69) is 0 Å². The average Bonchev–Trinajstić information content (AvgIpc) is 2.81. The topological polar surface area (TPSA) is 74.6 Å². The summed E-state index contributed by atoms with van der Waals surface area (Å²) in [5.41, 5.74) is -0.120. The minimum absolute atomic E-state index is 0.0849. The number of allylic oxidation sites excluding steroid dienone is 3. The van der Waals surface area contributed by atoms with E-state index in [0.29, 0.717) is 17.4 Å². The normalized spacial score (nSPS) is 11.4. The first-order valence-corrected chi connectivity index (χ1v) is 8.77. The summed E-state index contributed by atoms with van der Waals surface area (Å²) in [5, 5.41) is 0.296. The highest BCUT2D eigenvalue weighted by Gasteiger charge is 2.16. The first-order chi connectivity index (χ1) is 13.0. The Morgan fingerprint density at radius 3 is 2.48 bits per heavy atom. The Morgan fingerprint density at radius 1 is 1.07 bits per heavy atom. The summed E-state index contributed by atoms with van der Waals surface area (Å²) in [7, 11) is 0. The Labute approximate surface area is 157 Å². The largest absolute Gasteiger partial charge is 0.485 e. The van der Waals surface area contributed by atoms with E-state index < -0.39 is 5.97 Å². The van der Waals surface area contributed by atoms with Crippen molar-refractivity contribution in [3.63, 3.8) is 0 Å². The van der Waals surface area contributed by atoms with Gasteiger partial charge in [0, 0.05) is 18.0 Å². The molecule has 27 heavy (non-hydrogen) atoms. The van der Waals surface area contributed by atoms with Gasteiger partial charge in [-0.2, -0.15) is 0 Å². The summed E-state index contributed by atoms with van der Waals surface area (Å²) >= 11 is 0. The third kappa shape index (κ3) is 4.73. The van der Waals surface area contributed by atoms with Crippen LogP contribution in [0.5, 0.6) is 5.75 Å². The van der Waals surface area contributed by atoms with Gasteiger partial charge in [0.25, 0.3) is 0 Å². The lowest BCUT2D eigenvalue weighted by atomic mass is 10.2. The second-order valence-electron chi connectivity index (χ2n) is 5.68. The number of fused-ring (bicyclic) bond motifs is 1. The van der Waals surface area contributed by atoms with Gasteiger partial charge < -0.3 is 14.0 Å². The van der Waals surface area contributed by atoms with Crippen molar-refractivity contribution in [2.24, 2.45) is 0 Å². The number of ether oxygens (including phenoxy) is 2. The van der Waals surface area contributed by atoms with Crippen LogP contribution in [0, 0.1) is 0 Å². The fourth-order valence-electron chi connectivity index (χ4n) is 2.57. The molecule has 0 radical (unpaired) electrons. The van der Waals surface area contributed by atoms with Gasteiger partial charge in [-0.1, -0.05) is 24.3 Å². The molecule has 0 aliphatic rings. The molecule has 6 heteroatoms.